The third kappa shape index (κ3) is 3.56. The Kier molecular flexibility index (Phi) is 4.97. The molecule has 0 aliphatic carbocycles. The van der Waals surface area contributed by atoms with Crippen LogP contribution in [0.2, 0.25) is 5.02 Å². The average molecular weight is 391 g/mol. The first-order valence-electron chi connectivity index (χ1n) is 9.34. The number of fused-ring (bicyclic) bond motifs is 1. The van der Waals surface area contributed by atoms with Gasteiger partial charge in [-0.3, -0.25) is 4.98 Å². The monoisotopic (exact) mass is 390 g/mol. The average Bonchev–Trinajstić information content (AvgIpc) is 2.88. The van der Waals surface area contributed by atoms with Gasteiger partial charge < -0.3 is 16.0 Å². The van der Waals surface area contributed by atoms with E-state index in [4.69, 9.17) is 17.3 Å². The number of hydrogen-bond acceptors (Lipinski definition) is 4. The van der Waals surface area contributed by atoms with E-state index in [-0.39, 0.29) is 0 Å². The molecule has 142 valence electrons. The highest BCUT2D eigenvalue weighted by Crippen LogP contribution is 2.37. The molecule has 28 heavy (non-hydrogen) atoms. The fourth-order valence-electron chi connectivity index (χ4n) is 3.53. The lowest BCUT2D eigenvalue weighted by molar-refractivity contribution is 0.846. The molecular weight excluding hydrogens is 368 g/mol. The van der Waals surface area contributed by atoms with Gasteiger partial charge in [-0.25, -0.2) is 0 Å². The third-order valence-corrected chi connectivity index (χ3v) is 5.22. The molecule has 2 aromatic carbocycles. The molecule has 0 radical (unpaired) electrons. The lowest BCUT2D eigenvalue weighted by Gasteiger charge is -2.25. The van der Waals surface area contributed by atoms with Crippen LogP contribution >= 0.6 is 11.6 Å². The first-order chi connectivity index (χ1) is 13.5. The zero-order valence-corrected chi connectivity index (χ0v) is 16.8. The first kappa shape index (κ1) is 18.4. The summed E-state index contributed by atoms with van der Waals surface area (Å²) in [6.45, 7) is 5.54. The molecular formula is C23H23ClN4. The van der Waals surface area contributed by atoms with E-state index in [0.717, 1.165) is 63.3 Å². The summed E-state index contributed by atoms with van der Waals surface area (Å²) in [6, 6.07) is 18.6. The predicted octanol–water partition coefficient (Wildman–Crippen LogP) is 5.10. The number of nitrogens with zero attached hydrogens (tertiary/aromatic N) is 2. The van der Waals surface area contributed by atoms with Crippen LogP contribution in [0.3, 0.4) is 0 Å². The molecule has 2 heterocycles. The van der Waals surface area contributed by atoms with Crippen molar-refractivity contribution in [2.45, 2.75) is 13.8 Å². The van der Waals surface area contributed by atoms with Crippen molar-refractivity contribution in [1.29, 1.82) is 0 Å². The van der Waals surface area contributed by atoms with Crippen molar-refractivity contribution in [2.24, 2.45) is 5.73 Å². The fourth-order valence-corrected chi connectivity index (χ4v) is 3.66. The van der Waals surface area contributed by atoms with Crippen LogP contribution in [-0.2, 0) is 0 Å². The summed E-state index contributed by atoms with van der Waals surface area (Å²) in [6.07, 6.45) is 1.92. The largest absolute Gasteiger partial charge is 0.401 e. The second-order valence-corrected chi connectivity index (χ2v) is 7.47. The molecule has 0 fully saturated rings. The maximum atomic E-state index is 6.19. The first-order valence-corrected chi connectivity index (χ1v) is 9.71. The van der Waals surface area contributed by atoms with Gasteiger partial charge in [-0.05, 0) is 55.8 Å². The number of anilines is 2. The van der Waals surface area contributed by atoms with Gasteiger partial charge in [0.25, 0.3) is 0 Å². The van der Waals surface area contributed by atoms with Gasteiger partial charge in [0, 0.05) is 52.5 Å². The van der Waals surface area contributed by atoms with E-state index < -0.39 is 0 Å². The van der Waals surface area contributed by atoms with Crippen LogP contribution in [-0.4, -0.2) is 18.1 Å². The number of nitrogens with two attached hydrogens (primary N) is 1. The van der Waals surface area contributed by atoms with E-state index in [1.165, 1.54) is 0 Å². The number of hydrogen-bond donors (Lipinski definition) is 2. The van der Waals surface area contributed by atoms with E-state index in [9.17, 15) is 0 Å². The summed E-state index contributed by atoms with van der Waals surface area (Å²) < 4.78 is 0. The number of benzene rings is 2. The predicted molar refractivity (Wildman–Crippen MR) is 118 cm³/mol. The molecule has 0 atom stereocenters. The molecule has 0 saturated carbocycles. The minimum Gasteiger partial charge on any atom is -0.401 e. The van der Waals surface area contributed by atoms with Gasteiger partial charge in [-0.2, -0.15) is 0 Å². The fraction of sp³-hybridized carbons (Fsp3) is 0.174. The highest BCUT2D eigenvalue weighted by molar-refractivity contribution is 6.30. The van der Waals surface area contributed by atoms with Gasteiger partial charge in [-0.15, -0.1) is 0 Å². The van der Waals surface area contributed by atoms with Crippen molar-refractivity contribution < 1.29 is 0 Å². The summed E-state index contributed by atoms with van der Waals surface area (Å²) in [4.78, 5) is 6.75. The van der Waals surface area contributed by atoms with E-state index in [1.54, 1.807) is 0 Å². The lowest BCUT2D eigenvalue weighted by Crippen LogP contribution is -2.24. The molecule has 5 heteroatoms. The van der Waals surface area contributed by atoms with Gasteiger partial charge in [0.1, 0.15) is 0 Å². The zero-order chi connectivity index (χ0) is 19.7. The number of pyridine rings is 1. The number of rotatable bonds is 2. The Balaban J connectivity index is 1.88. The smallest absolute Gasteiger partial charge is 0.0623 e. The summed E-state index contributed by atoms with van der Waals surface area (Å²) in [5.74, 6) is 0. The second kappa shape index (κ2) is 7.56. The topological polar surface area (TPSA) is 54.2 Å². The van der Waals surface area contributed by atoms with Crippen molar-refractivity contribution in [3.63, 3.8) is 0 Å². The van der Waals surface area contributed by atoms with Crippen LogP contribution in [0.5, 0.6) is 0 Å². The van der Waals surface area contributed by atoms with Gasteiger partial charge in [0.2, 0.25) is 0 Å². The minimum atomic E-state index is 0.731. The molecule has 0 amide bonds. The van der Waals surface area contributed by atoms with Gasteiger partial charge in [0.15, 0.2) is 0 Å². The third-order valence-electron chi connectivity index (χ3n) is 4.97. The Hall–Kier alpha value is -2.98. The summed E-state index contributed by atoms with van der Waals surface area (Å²) in [5.41, 5.74) is 14.5. The molecule has 4 rings (SSSR count). The van der Waals surface area contributed by atoms with Crippen LogP contribution < -0.4 is 16.0 Å². The SMILES string of the molecule is C/C(N)=C1/NCCN(c2ccc(Cl)cc2)c2cc(-c3ccc(C)nc3)ccc21. The van der Waals surface area contributed by atoms with E-state index in [0.29, 0.717) is 0 Å². The van der Waals surface area contributed by atoms with Crippen molar-refractivity contribution >= 4 is 28.7 Å². The Morgan fingerprint density at radius 1 is 1.07 bits per heavy atom. The van der Waals surface area contributed by atoms with Crippen LogP contribution in [0.1, 0.15) is 18.2 Å². The Morgan fingerprint density at radius 2 is 1.82 bits per heavy atom. The maximum absolute atomic E-state index is 6.19. The Labute approximate surface area is 170 Å². The standard InChI is InChI=1S/C23H23ClN4/c1-15-3-4-18(14-27-15)17-5-10-21-22(13-17)28(12-11-26-23(21)16(2)25)20-8-6-19(24)7-9-20/h3-10,13-14,26H,11-12,25H2,1-2H3/b23-16-. The quantitative estimate of drug-likeness (QED) is 0.639. The molecule has 0 bridgehead atoms. The lowest BCUT2D eigenvalue weighted by atomic mass is 10.00. The Bertz CT molecular complexity index is 1020. The van der Waals surface area contributed by atoms with Gasteiger partial charge in [0.05, 0.1) is 11.4 Å². The highest BCUT2D eigenvalue weighted by Gasteiger charge is 2.21. The number of aryl methyl sites for hydroxylation is 1. The molecule has 1 aromatic heterocycles. The minimum absolute atomic E-state index is 0.731. The van der Waals surface area contributed by atoms with Crippen molar-refractivity contribution in [2.75, 3.05) is 18.0 Å². The van der Waals surface area contributed by atoms with E-state index >= 15 is 0 Å². The molecule has 1 aliphatic rings. The molecule has 4 nitrogen and oxygen atoms in total. The molecule has 3 N–H and O–H groups in total. The number of allylic oxidation sites excluding steroid dienone is 1. The summed E-state index contributed by atoms with van der Waals surface area (Å²) in [7, 11) is 0. The highest BCUT2D eigenvalue weighted by atomic mass is 35.5. The van der Waals surface area contributed by atoms with Crippen molar-refractivity contribution in [1.82, 2.24) is 10.3 Å². The summed E-state index contributed by atoms with van der Waals surface area (Å²) >= 11 is 6.10. The number of halogens is 1. The van der Waals surface area contributed by atoms with Crippen LogP contribution in [0, 0.1) is 6.92 Å². The maximum Gasteiger partial charge on any atom is 0.0623 e. The Morgan fingerprint density at radius 3 is 2.50 bits per heavy atom. The van der Waals surface area contributed by atoms with Crippen LogP contribution in [0.4, 0.5) is 11.4 Å². The van der Waals surface area contributed by atoms with Crippen molar-refractivity contribution in [3.05, 3.63) is 82.8 Å². The molecule has 3 aromatic rings. The van der Waals surface area contributed by atoms with Crippen LogP contribution in [0.25, 0.3) is 16.8 Å². The number of nitrogens with one attached hydrogen (secondary N) is 1. The number of aromatic nitrogens is 1. The molecule has 1 aliphatic heterocycles. The summed E-state index contributed by atoms with van der Waals surface area (Å²) in [5, 5.41) is 4.22. The zero-order valence-electron chi connectivity index (χ0n) is 16.0. The van der Waals surface area contributed by atoms with Crippen molar-refractivity contribution in [3.8, 4) is 11.1 Å². The normalized spacial score (nSPS) is 15.5. The van der Waals surface area contributed by atoms with E-state index in [1.807, 2.05) is 38.2 Å². The van der Waals surface area contributed by atoms with E-state index in [2.05, 4.69) is 51.6 Å². The second-order valence-electron chi connectivity index (χ2n) is 7.03. The molecule has 0 unspecified atom stereocenters. The van der Waals surface area contributed by atoms with Gasteiger partial charge >= 0.3 is 0 Å². The van der Waals surface area contributed by atoms with Crippen LogP contribution in [0.15, 0.2) is 66.5 Å². The van der Waals surface area contributed by atoms with Gasteiger partial charge in [-0.1, -0.05) is 29.8 Å². The molecule has 0 spiro atoms. The molecule has 0 saturated heterocycles.